The van der Waals surface area contributed by atoms with Crippen LogP contribution in [0.3, 0.4) is 0 Å². The van der Waals surface area contributed by atoms with Gasteiger partial charge < -0.3 is 16.4 Å². The van der Waals surface area contributed by atoms with Gasteiger partial charge in [0.05, 0.1) is 0 Å². The molecule has 1 radical (unpaired) electrons. The van der Waals surface area contributed by atoms with Gasteiger partial charge in [-0.25, -0.2) is 0 Å². The molecule has 0 atom stereocenters. The summed E-state index contributed by atoms with van der Waals surface area (Å²) in [4.78, 5) is 0. The first-order chi connectivity index (χ1) is 0. The fourth-order valence-electron chi connectivity index (χ4n) is 0. The monoisotopic (exact) mass is 105 g/mol. The van der Waals surface area contributed by atoms with Crippen LogP contribution in [0, 0.1) is 0 Å². The maximum atomic E-state index is 0. The zero-order valence-electron chi connectivity index (χ0n) is 1.68. The second kappa shape index (κ2) is 123. The topological polar surface area (TPSA) is 88.5 Å². The molecule has 0 aromatic rings. The van der Waals surface area contributed by atoms with Crippen LogP contribution in [0.2, 0.25) is 0 Å². The van der Waals surface area contributed by atoms with Crippen LogP contribution >= 0.6 is 0 Å². The summed E-state index contributed by atoms with van der Waals surface area (Å²) in [5.41, 5.74) is 0. The third-order valence-corrected chi connectivity index (χ3v) is 0. The Morgan fingerprint density at radius 2 is 0.750 bits per heavy atom. The summed E-state index contributed by atoms with van der Waals surface area (Å²) >= 11 is 0. The molecule has 31 valence electrons. The predicted molar refractivity (Wildman–Crippen MR) is 4.56 cm³/mol. The van der Waals surface area contributed by atoms with Crippen LogP contribution in [0.25, 0.3) is 0 Å². The van der Waals surface area contributed by atoms with E-state index in [0.717, 1.165) is 0 Å². The zero-order chi connectivity index (χ0) is 0. The zero-order valence-corrected chi connectivity index (χ0v) is 2.86. The molecule has 0 aliphatic carbocycles. The van der Waals surface area contributed by atoms with E-state index in [-0.39, 0.29) is 33.5 Å². The number of hydrogen-bond donors (Lipinski definition) is 0. The molecular formula is H2MnO3-4. The summed E-state index contributed by atoms with van der Waals surface area (Å²) < 4.78 is 0. The van der Waals surface area contributed by atoms with Crippen LogP contribution in [-0.4, -0.2) is 11.0 Å². The normalized spacial score (nSPS) is 0. The standard InChI is InChI=1S/Mn.2H2O.O/h;2*1H2;/q;;;-2/p-2. The van der Waals surface area contributed by atoms with Crippen molar-refractivity contribution in [2.45, 2.75) is 0 Å². The Morgan fingerprint density at radius 1 is 0.750 bits per heavy atom. The molecule has 3 nitrogen and oxygen atoms in total. The molecule has 0 aliphatic rings. The van der Waals surface area contributed by atoms with Gasteiger partial charge in [-0.2, -0.15) is 0 Å². The van der Waals surface area contributed by atoms with Crippen molar-refractivity contribution < 1.29 is 33.5 Å². The molecule has 0 bridgehead atoms. The van der Waals surface area contributed by atoms with Crippen LogP contribution in [0.5, 0.6) is 0 Å². The van der Waals surface area contributed by atoms with Gasteiger partial charge >= 0.3 is 0 Å². The molecule has 4 heteroatoms. The van der Waals surface area contributed by atoms with E-state index in [1.807, 2.05) is 0 Å². The van der Waals surface area contributed by atoms with Crippen molar-refractivity contribution >= 4 is 0 Å². The first-order valence-electron chi connectivity index (χ1n) is 0. The van der Waals surface area contributed by atoms with Crippen molar-refractivity contribution in [1.82, 2.24) is 0 Å². The van der Waals surface area contributed by atoms with E-state index in [1.165, 1.54) is 0 Å². The average Bonchev–Trinajstić information content (AvgIpc) is 0. The minimum Gasteiger partial charge on any atom is -2.00 e. The van der Waals surface area contributed by atoms with Crippen LogP contribution < -0.4 is 0 Å². The third kappa shape index (κ3) is 29.4. The second-order valence-corrected chi connectivity index (χ2v) is 0. The van der Waals surface area contributed by atoms with Crippen molar-refractivity contribution in [2.75, 3.05) is 0 Å². The maximum absolute atomic E-state index is 0. The van der Waals surface area contributed by atoms with Gasteiger partial charge in [0.15, 0.2) is 0 Å². The molecule has 0 rings (SSSR count). The van der Waals surface area contributed by atoms with Crippen LogP contribution in [0.15, 0.2) is 0 Å². The summed E-state index contributed by atoms with van der Waals surface area (Å²) in [6.45, 7) is 0. The Hall–Kier alpha value is 0.399. The van der Waals surface area contributed by atoms with Gasteiger partial charge in [-0.1, -0.05) is 0 Å². The summed E-state index contributed by atoms with van der Waals surface area (Å²) in [5, 5.41) is 0. The predicted octanol–water partition coefficient (Wildman–Crippen LogP) is -0.475. The van der Waals surface area contributed by atoms with Gasteiger partial charge in [-0.15, -0.1) is 0 Å². The van der Waals surface area contributed by atoms with E-state index in [4.69, 9.17) is 0 Å². The second-order valence-electron chi connectivity index (χ2n) is 0. The first kappa shape index (κ1) is 319. The van der Waals surface area contributed by atoms with E-state index in [9.17, 15) is 0 Å². The van der Waals surface area contributed by atoms with Crippen molar-refractivity contribution in [2.24, 2.45) is 0 Å². The van der Waals surface area contributed by atoms with Gasteiger partial charge in [0.2, 0.25) is 0 Å². The molecule has 4 heavy (non-hydrogen) atoms. The van der Waals surface area contributed by atoms with Gasteiger partial charge in [-0.3, -0.25) is 0 Å². The van der Waals surface area contributed by atoms with E-state index >= 15 is 0 Å². The average molecular weight is 105 g/mol. The minimum atomic E-state index is 0. The molecule has 0 heterocycles. The Kier molecular flexibility index (Phi) is 9770. The molecule has 0 unspecified atom stereocenters. The van der Waals surface area contributed by atoms with Gasteiger partial charge in [0.25, 0.3) is 0 Å². The number of rotatable bonds is 0. The summed E-state index contributed by atoms with van der Waals surface area (Å²) in [7, 11) is 0. The Balaban J connectivity index is 0. The molecule has 0 spiro atoms. The molecule has 0 aromatic heterocycles. The largest absolute Gasteiger partial charge is 2.00 e. The quantitative estimate of drug-likeness (QED) is 0.389. The van der Waals surface area contributed by atoms with Gasteiger partial charge in [0.1, 0.15) is 0 Å². The van der Waals surface area contributed by atoms with Crippen molar-refractivity contribution in [3.63, 3.8) is 0 Å². The Bertz CT molecular complexity index is 3.25. The molecule has 0 amide bonds. The van der Waals surface area contributed by atoms with Crippen molar-refractivity contribution in [3.8, 4) is 0 Å². The smallest absolute Gasteiger partial charge is 0 e. The Labute approximate surface area is 34.4 Å². The summed E-state index contributed by atoms with van der Waals surface area (Å²) in [6.07, 6.45) is 0. The summed E-state index contributed by atoms with van der Waals surface area (Å²) in [6, 6.07) is 0. The van der Waals surface area contributed by atoms with Crippen LogP contribution in [0.4, 0.5) is 0 Å². The van der Waals surface area contributed by atoms with Gasteiger partial charge in [-0.05, 0) is 0 Å². The fourth-order valence-corrected chi connectivity index (χ4v) is 0. The van der Waals surface area contributed by atoms with E-state index in [1.54, 1.807) is 0 Å². The fraction of sp³-hybridized carbons (Fsp3) is 0. The summed E-state index contributed by atoms with van der Waals surface area (Å²) in [5.74, 6) is 0. The Morgan fingerprint density at radius 3 is 0.750 bits per heavy atom. The van der Waals surface area contributed by atoms with Crippen molar-refractivity contribution in [3.05, 3.63) is 0 Å². The molecule has 0 saturated heterocycles. The van der Waals surface area contributed by atoms with E-state index in [2.05, 4.69) is 0 Å². The van der Waals surface area contributed by atoms with Gasteiger partial charge in [0, 0.05) is 17.1 Å². The maximum Gasteiger partial charge on any atom is 0 e. The number of hydrogen-bond acceptors (Lipinski definition) is 2. The SMILES string of the molecule is [Mn].[O-2].[OH-].[OH-]. The first-order valence-corrected chi connectivity index (χ1v) is 0. The third-order valence-electron chi connectivity index (χ3n) is 0. The molecule has 2 N–H and O–H groups in total. The minimum absolute atomic E-state index is 0. The molecule has 0 aromatic carbocycles. The van der Waals surface area contributed by atoms with E-state index < -0.39 is 0 Å². The molecule has 0 saturated carbocycles. The molecular weight excluding hydrogens is 103 g/mol. The van der Waals surface area contributed by atoms with E-state index in [0.29, 0.717) is 0 Å². The molecule has 0 aliphatic heterocycles. The van der Waals surface area contributed by atoms with Crippen molar-refractivity contribution in [1.29, 1.82) is 0 Å². The molecule has 0 fully saturated rings. The van der Waals surface area contributed by atoms with Crippen LogP contribution in [-0.2, 0) is 22.5 Å². The van der Waals surface area contributed by atoms with Crippen LogP contribution in [0.1, 0.15) is 0 Å².